The minimum absolute atomic E-state index is 1.04. The number of rotatable bonds is 7. The largest absolute Gasteiger partial charge is 0.216 e. The van der Waals surface area contributed by atoms with Crippen LogP contribution in [0.15, 0.2) is 85.5 Å². The number of pyridine rings is 2. The highest BCUT2D eigenvalue weighted by Gasteiger charge is 2.18. The average Bonchev–Trinajstić information content (AvgIpc) is 2.87. The molecule has 2 aromatic heterocycles. The Morgan fingerprint density at radius 3 is 0.969 bits per heavy atom. The topological polar surface area (TPSA) is 7.76 Å². The van der Waals surface area contributed by atoms with Crippen LogP contribution in [0, 0.1) is 0 Å². The molecule has 0 saturated carbocycles. The Bertz CT molecular complexity index is 1050. The maximum atomic E-state index is 2.27. The van der Waals surface area contributed by atoms with Crippen molar-refractivity contribution in [3.05, 3.63) is 108 Å². The van der Waals surface area contributed by atoms with Crippen molar-refractivity contribution in [2.75, 3.05) is 0 Å². The van der Waals surface area contributed by atoms with E-state index in [1.54, 1.807) is 0 Å². The number of benzene rings is 2. The van der Waals surface area contributed by atoms with Crippen LogP contribution < -0.4 is 9.13 Å². The van der Waals surface area contributed by atoms with Gasteiger partial charge in [-0.15, -0.1) is 0 Å². The quantitative estimate of drug-likeness (QED) is 0.315. The van der Waals surface area contributed by atoms with Gasteiger partial charge < -0.3 is 0 Å². The summed E-state index contributed by atoms with van der Waals surface area (Å²) < 4.78 is 4.55. The Labute approximate surface area is 192 Å². The van der Waals surface area contributed by atoms with E-state index in [0.717, 1.165) is 25.7 Å². The molecular formula is C30H34N2+2. The lowest BCUT2D eigenvalue weighted by Gasteiger charge is -2.09. The van der Waals surface area contributed by atoms with Crippen LogP contribution in [-0.4, -0.2) is 0 Å². The summed E-state index contributed by atoms with van der Waals surface area (Å²) in [6, 6.07) is 22.2. The molecule has 0 aliphatic carbocycles. The van der Waals surface area contributed by atoms with Gasteiger partial charge in [-0.25, -0.2) is 0 Å². The second-order valence-electron chi connectivity index (χ2n) is 8.25. The van der Waals surface area contributed by atoms with E-state index in [2.05, 4.69) is 122 Å². The van der Waals surface area contributed by atoms with Crippen LogP contribution in [0.25, 0.3) is 22.5 Å². The van der Waals surface area contributed by atoms with Crippen molar-refractivity contribution < 1.29 is 9.13 Å². The van der Waals surface area contributed by atoms with E-state index in [1.807, 2.05) is 0 Å². The lowest BCUT2D eigenvalue weighted by molar-refractivity contribution is -0.597. The van der Waals surface area contributed by atoms with Crippen molar-refractivity contribution in [2.24, 2.45) is 0 Å². The molecule has 0 atom stereocenters. The van der Waals surface area contributed by atoms with Gasteiger partial charge >= 0.3 is 0 Å². The maximum absolute atomic E-state index is 2.27. The Morgan fingerprint density at radius 1 is 0.438 bits per heavy atom. The predicted octanol–water partition coefficient (Wildman–Crippen LogP) is 6.16. The molecule has 0 bridgehead atoms. The Kier molecular flexibility index (Phi) is 6.80. The van der Waals surface area contributed by atoms with Crippen LogP contribution in [0.1, 0.15) is 49.9 Å². The van der Waals surface area contributed by atoms with Crippen LogP contribution in [0.3, 0.4) is 0 Å². The van der Waals surface area contributed by atoms with Gasteiger partial charge in [-0.3, -0.25) is 0 Å². The van der Waals surface area contributed by atoms with Gasteiger partial charge in [0.25, 0.3) is 0 Å². The van der Waals surface area contributed by atoms with Gasteiger partial charge in [0.2, 0.25) is 11.4 Å². The monoisotopic (exact) mass is 422 g/mol. The van der Waals surface area contributed by atoms with Gasteiger partial charge in [-0.1, -0.05) is 64.1 Å². The van der Waals surface area contributed by atoms with Crippen molar-refractivity contribution in [1.29, 1.82) is 0 Å². The fourth-order valence-electron chi connectivity index (χ4n) is 4.63. The van der Waals surface area contributed by atoms with Gasteiger partial charge in [0.1, 0.15) is 0 Å². The molecule has 0 aliphatic heterocycles. The van der Waals surface area contributed by atoms with E-state index >= 15 is 0 Å². The minimum atomic E-state index is 1.04. The first-order valence-corrected chi connectivity index (χ1v) is 11.9. The number of aromatic nitrogens is 2. The minimum Gasteiger partial charge on any atom is -0.167 e. The third-order valence-corrected chi connectivity index (χ3v) is 6.44. The van der Waals surface area contributed by atoms with Crippen LogP contribution in [0.4, 0.5) is 0 Å². The summed E-state index contributed by atoms with van der Waals surface area (Å²) in [5.74, 6) is 0. The molecular weight excluding hydrogens is 388 g/mol. The summed E-state index contributed by atoms with van der Waals surface area (Å²) in [5, 5.41) is 0. The summed E-state index contributed by atoms with van der Waals surface area (Å²) in [6.07, 6.45) is 12.9. The summed E-state index contributed by atoms with van der Waals surface area (Å²) in [5.41, 5.74) is 10.7. The SMILES string of the molecule is CCc1cccc(CC)c1-[n+]1ccc(-c2cc[n+](-c3c(CC)cccc3CC)cc2)cc1. The van der Waals surface area contributed by atoms with E-state index in [9.17, 15) is 0 Å². The molecule has 0 aliphatic rings. The molecule has 4 rings (SSSR count). The van der Waals surface area contributed by atoms with Gasteiger partial charge in [-0.2, -0.15) is 9.13 Å². The fraction of sp³-hybridized carbons (Fsp3) is 0.267. The highest BCUT2D eigenvalue weighted by Crippen LogP contribution is 2.21. The molecule has 0 spiro atoms. The smallest absolute Gasteiger partial charge is 0.167 e. The molecule has 2 heteroatoms. The van der Waals surface area contributed by atoms with Crippen LogP contribution in [0.5, 0.6) is 0 Å². The number of hydrogen-bond donors (Lipinski definition) is 0. The Hall–Kier alpha value is -3.26. The van der Waals surface area contributed by atoms with E-state index in [0.29, 0.717) is 0 Å². The molecule has 0 unspecified atom stereocenters. The third kappa shape index (κ3) is 4.23. The third-order valence-electron chi connectivity index (χ3n) is 6.44. The molecule has 0 radical (unpaired) electrons. The molecule has 0 fully saturated rings. The van der Waals surface area contributed by atoms with Crippen molar-refractivity contribution in [1.82, 2.24) is 0 Å². The van der Waals surface area contributed by atoms with E-state index in [-0.39, 0.29) is 0 Å². The Balaban J connectivity index is 1.67. The molecule has 2 heterocycles. The normalized spacial score (nSPS) is 11.0. The van der Waals surface area contributed by atoms with Crippen LogP contribution >= 0.6 is 0 Å². The molecule has 162 valence electrons. The van der Waals surface area contributed by atoms with Crippen LogP contribution in [-0.2, 0) is 25.7 Å². The number of para-hydroxylation sites is 2. The van der Waals surface area contributed by atoms with Crippen molar-refractivity contribution in [3.8, 4) is 22.5 Å². The van der Waals surface area contributed by atoms with Gasteiger partial charge in [0.15, 0.2) is 24.8 Å². The van der Waals surface area contributed by atoms with Crippen molar-refractivity contribution >= 4 is 0 Å². The highest BCUT2D eigenvalue weighted by molar-refractivity contribution is 5.61. The standard InChI is InChI=1S/C30H34N2/c1-5-23-11-9-12-24(6-2)29(23)31-19-15-27(16-20-31)28-17-21-32(22-18-28)30-25(7-3)13-10-14-26(30)8-4/h9-22H,5-8H2,1-4H3/q+2. The molecule has 4 aromatic rings. The second-order valence-corrected chi connectivity index (χ2v) is 8.25. The number of hydrogen-bond acceptors (Lipinski definition) is 0. The van der Waals surface area contributed by atoms with E-state index in [1.165, 1.54) is 44.8 Å². The molecule has 0 N–H and O–H groups in total. The highest BCUT2D eigenvalue weighted by atomic mass is 14.9. The van der Waals surface area contributed by atoms with Crippen molar-refractivity contribution in [2.45, 2.75) is 53.4 Å². The maximum Gasteiger partial charge on any atom is 0.216 e. The second kappa shape index (κ2) is 9.91. The van der Waals surface area contributed by atoms with Gasteiger partial charge in [0.05, 0.1) is 0 Å². The van der Waals surface area contributed by atoms with E-state index < -0.39 is 0 Å². The number of nitrogens with zero attached hydrogens (tertiary/aromatic N) is 2. The molecule has 2 aromatic carbocycles. The zero-order valence-corrected chi connectivity index (χ0v) is 19.8. The van der Waals surface area contributed by atoms with Crippen molar-refractivity contribution in [3.63, 3.8) is 0 Å². The molecule has 32 heavy (non-hydrogen) atoms. The first-order chi connectivity index (χ1) is 15.7. The number of aryl methyl sites for hydroxylation is 4. The first kappa shape index (κ1) is 22.0. The predicted molar refractivity (Wildman–Crippen MR) is 132 cm³/mol. The summed E-state index contributed by atoms with van der Waals surface area (Å²) in [7, 11) is 0. The lowest BCUT2D eigenvalue weighted by atomic mass is 10.0. The zero-order chi connectivity index (χ0) is 22.5. The van der Waals surface area contributed by atoms with E-state index in [4.69, 9.17) is 0 Å². The summed E-state index contributed by atoms with van der Waals surface area (Å²) in [4.78, 5) is 0. The Morgan fingerprint density at radius 2 is 0.719 bits per heavy atom. The molecule has 0 amide bonds. The van der Waals surface area contributed by atoms with Gasteiger partial charge in [-0.05, 0) is 36.8 Å². The van der Waals surface area contributed by atoms with Crippen LogP contribution in [0.2, 0.25) is 0 Å². The summed E-state index contributed by atoms with van der Waals surface area (Å²) in [6.45, 7) is 8.92. The molecule has 2 nitrogen and oxygen atoms in total. The average molecular weight is 423 g/mol. The zero-order valence-electron chi connectivity index (χ0n) is 19.8. The molecule has 0 saturated heterocycles. The first-order valence-electron chi connectivity index (χ1n) is 11.9. The fourth-order valence-corrected chi connectivity index (χ4v) is 4.63. The lowest BCUT2D eigenvalue weighted by Crippen LogP contribution is -2.33. The van der Waals surface area contributed by atoms with Gasteiger partial charge in [0, 0.05) is 46.5 Å². The summed E-state index contributed by atoms with van der Waals surface area (Å²) >= 11 is 0.